The highest BCUT2D eigenvalue weighted by Crippen LogP contribution is 2.44. The molecule has 0 N–H and O–H groups in total. The van der Waals surface area contributed by atoms with Crippen LogP contribution in [-0.4, -0.2) is 23.3 Å². The fraction of sp³-hybridized carbons (Fsp3) is 0.0357. The Morgan fingerprint density at radius 1 is 0.868 bits per heavy atom. The van der Waals surface area contributed by atoms with Crippen molar-refractivity contribution in [3.63, 3.8) is 0 Å². The summed E-state index contributed by atoms with van der Waals surface area (Å²) in [5.41, 5.74) is -1.41. The molecule has 0 saturated carbocycles. The van der Waals surface area contributed by atoms with Crippen LogP contribution in [-0.2, 0) is 10.1 Å². The van der Waals surface area contributed by atoms with Crippen LogP contribution in [0.4, 0.5) is 13.2 Å². The first-order valence-electron chi connectivity index (χ1n) is 11.5. The van der Waals surface area contributed by atoms with Gasteiger partial charge in [-0.3, -0.25) is 4.40 Å². The number of hydrogen-bond acceptors (Lipinski definition) is 5. The second kappa shape index (κ2) is 7.92. The van der Waals surface area contributed by atoms with Gasteiger partial charge >= 0.3 is 15.6 Å². The van der Waals surface area contributed by atoms with Crippen LogP contribution in [0, 0.1) is 0 Å². The monoisotopic (exact) mass is 548 g/mol. The number of nitrogens with zero attached hydrogens (tertiary/aromatic N) is 2. The van der Waals surface area contributed by atoms with E-state index in [0.29, 0.717) is 5.56 Å². The minimum absolute atomic E-state index is 0.419. The van der Waals surface area contributed by atoms with Crippen LogP contribution in [0.25, 0.3) is 58.8 Å². The first-order chi connectivity index (χ1) is 18.2. The lowest BCUT2D eigenvalue weighted by molar-refractivity contribution is -0.0500. The van der Waals surface area contributed by atoms with E-state index in [4.69, 9.17) is 4.98 Å². The quantitative estimate of drug-likeness (QED) is 0.166. The van der Waals surface area contributed by atoms with E-state index in [1.54, 1.807) is 23.5 Å². The van der Waals surface area contributed by atoms with Crippen LogP contribution in [0.2, 0.25) is 0 Å². The second-order valence-corrected chi connectivity index (χ2v) is 11.4. The number of thiophene rings is 1. The summed E-state index contributed by atoms with van der Waals surface area (Å²) in [6.07, 6.45) is 1.97. The van der Waals surface area contributed by atoms with Gasteiger partial charge in [-0.25, -0.2) is 4.98 Å². The third kappa shape index (κ3) is 3.44. The lowest BCUT2D eigenvalue weighted by Gasteiger charge is -2.11. The Morgan fingerprint density at radius 2 is 1.55 bits per heavy atom. The van der Waals surface area contributed by atoms with E-state index in [2.05, 4.69) is 22.4 Å². The Balaban J connectivity index is 1.51. The topological polar surface area (TPSA) is 60.7 Å². The SMILES string of the molecule is O=S(=O)(Oc1ccc(-c2cn3c4ccccc4nc3c3sc4cc5ccccc5cc4c23)cc1)C(F)(F)F. The molecule has 0 radical (unpaired) electrons. The van der Waals surface area contributed by atoms with Crippen molar-refractivity contribution >= 4 is 69.1 Å². The van der Waals surface area contributed by atoms with Gasteiger partial charge in [-0.2, -0.15) is 21.6 Å². The van der Waals surface area contributed by atoms with Crippen LogP contribution < -0.4 is 4.18 Å². The Hall–Kier alpha value is -4.15. The maximum atomic E-state index is 12.8. The molecular formula is C28H15F3N2O3S2. The summed E-state index contributed by atoms with van der Waals surface area (Å²) in [6, 6.07) is 25.7. The molecule has 0 aliphatic heterocycles. The summed E-state index contributed by atoms with van der Waals surface area (Å²) in [6.45, 7) is 0. The van der Waals surface area contributed by atoms with E-state index >= 15 is 0 Å². The predicted molar refractivity (Wildman–Crippen MR) is 144 cm³/mol. The smallest absolute Gasteiger partial charge is 0.376 e. The molecule has 0 fully saturated rings. The Bertz CT molecular complexity index is 2160. The van der Waals surface area contributed by atoms with Crippen LogP contribution in [0.3, 0.4) is 0 Å². The van der Waals surface area contributed by atoms with Crippen LogP contribution >= 0.6 is 11.3 Å². The van der Waals surface area contributed by atoms with Gasteiger partial charge in [0.05, 0.1) is 15.7 Å². The Kier molecular flexibility index (Phi) is 4.80. The molecule has 3 aromatic heterocycles. The van der Waals surface area contributed by atoms with Crippen molar-refractivity contribution in [2.75, 3.05) is 0 Å². The van der Waals surface area contributed by atoms with E-state index in [1.165, 1.54) is 12.1 Å². The molecule has 7 aromatic rings. The number of imidazole rings is 1. The maximum Gasteiger partial charge on any atom is 0.534 e. The van der Waals surface area contributed by atoms with Crippen molar-refractivity contribution in [2.45, 2.75) is 5.51 Å². The average molecular weight is 549 g/mol. The summed E-state index contributed by atoms with van der Waals surface area (Å²) >= 11 is 1.63. The van der Waals surface area contributed by atoms with Crippen LogP contribution in [0.5, 0.6) is 5.75 Å². The molecule has 3 heterocycles. The molecule has 0 atom stereocenters. The van der Waals surface area contributed by atoms with Gasteiger partial charge in [0.2, 0.25) is 0 Å². The number of rotatable bonds is 3. The highest BCUT2D eigenvalue weighted by atomic mass is 32.2. The van der Waals surface area contributed by atoms with Gasteiger partial charge in [-0.15, -0.1) is 11.3 Å². The zero-order valence-electron chi connectivity index (χ0n) is 19.2. The number of benzene rings is 4. The van der Waals surface area contributed by atoms with Crippen molar-refractivity contribution in [1.29, 1.82) is 0 Å². The van der Waals surface area contributed by atoms with E-state index in [0.717, 1.165) is 53.2 Å². The summed E-state index contributed by atoms with van der Waals surface area (Å²) in [7, 11) is -5.76. The summed E-state index contributed by atoms with van der Waals surface area (Å²) < 4.78 is 69.6. The lowest BCUT2D eigenvalue weighted by atomic mass is 10.00. The normalized spacial score (nSPS) is 12.8. The van der Waals surface area contributed by atoms with Gasteiger partial charge in [0.25, 0.3) is 0 Å². The van der Waals surface area contributed by atoms with Gasteiger partial charge in [0.1, 0.15) is 5.75 Å². The van der Waals surface area contributed by atoms with Crippen molar-refractivity contribution in [2.24, 2.45) is 0 Å². The number of pyridine rings is 1. The van der Waals surface area contributed by atoms with Crippen molar-refractivity contribution in [1.82, 2.24) is 9.38 Å². The third-order valence-corrected chi connectivity index (χ3v) is 8.66. The largest absolute Gasteiger partial charge is 0.534 e. The number of halogens is 3. The number of aromatic nitrogens is 2. The molecule has 0 bridgehead atoms. The molecule has 188 valence electrons. The van der Waals surface area contributed by atoms with Crippen LogP contribution in [0.1, 0.15) is 0 Å². The number of fused-ring (bicyclic) bond motifs is 8. The minimum atomic E-state index is -5.76. The fourth-order valence-electron chi connectivity index (χ4n) is 4.82. The molecule has 0 amide bonds. The average Bonchev–Trinajstić information content (AvgIpc) is 3.45. The molecule has 7 rings (SSSR count). The summed E-state index contributed by atoms with van der Waals surface area (Å²) in [4.78, 5) is 4.90. The summed E-state index contributed by atoms with van der Waals surface area (Å²) in [5.74, 6) is -0.419. The number of para-hydroxylation sites is 2. The summed E-state index contributed by atoms with van der Waals surface area (Å²) in [5, 5.41) is 4.20. The van der Waals surface area contributed by atoms with Gasteiger partial charge in [-0.1, -0.05) is 48.5 Å². The van der Waals surface area contributed by atoms with Crippen LogP contribution in [0.15, 0.2) is 91.1 Å². The van der Waals surface area contributed by atoms with Gasteiger partial charge in [0, 0.05) is 27.2 Å². The Labute approximate surface area is 217 Å². The first kappa shape index (κ1) is 23.0. The molecule has 0 unspecified atom stereocenters. The van der Waals surface area contributed by atoms with E-state index in [1.807, 2.05) is 53.1 Å². The van der Waals surface area contributed by atoms with Crippen molar-refractivity contribution in [3.8, 4) is 16.9 Å². The van der Waals surface area contributed by atoms with Gasteiger partial charge in [0.15, 0.2) is 5.65 Å². The molecule has 0 aliphatic rings. The molecule has 10 heteroatoms. The molecule has 0 saturated heterocycles. The van der Waals surface area contributed by atoms with Gasteiger partial charge < -0.3 is 4.18 Å². The van der Waals surface area contributed by atoms with Crippen molar-refractivity contribution < 1.29 is 25.8 Å². The minimum Gasteiger partial charge on any atom is -0.376 e. The standard InChI is InChI=1S/C28H15F3N2O3S2/c29-28(30,31)38(34,35)36-19-11-9-16(10-12-19)21-15-33-23-8-4-3-7-22(23)32-27(33)26-25(21)20-13-17-5-1-2-6-18(17)14-24(20)37-26/h1-15H. The van der Waals surface area contributed by atoms with Crippen molar-refractivity contribution in [3.05, 3.63) is 91.1 Å². The zero-order valence-corrected chi connectivity index (χ0v) is 20.9. The molecule has 4 aromatic carbocycles. The van der Waals surface area contributed by atoms with Gasteiger partial charge in [-0.05, 0) is 52.7 Å². The molecule has 0 aliphatic carbocycles. The molecule has 0 spiro atoms. The maximum absolute atomic E-state index is 12.8. The first-order valence-corrected chi connectivity index (χ1v) is 13.7. The zero-order chi connectivity index (χ0) is 26.2. The van der Waals surface area contributed by atoms with E-state index < -0.39 is 21.4 Å². The van der Waals surface area contributed by atoms with E-state index in [9.17, 15) is 21.6 Å². The third-order valence-electron chi connectivity index (χ3n) is 6.54. The second-order valence-electron chi connectivity index (χ2n) is 8.85. The van der Waals surface area contributed by atoms with E-state index in [-0.39, 0.29) is 0 Å². The number of hydrogen-bond donors (Lipinski definition) is 0. The lowest BCUT2D eigenvalue weighted by Crippen LogP contribution is -2.28. The highest BCUT2D eigenvalue weighted by molar-refractivity contribution is 7.88. The number of alkyl halides is 3. The Morgan fingerprint density at radius 3 is 2.29 bits per heavy atom. The molecular weight excluding hydrogens is 533 g/mol. The predicted octanol–water partition coefficient (Wildman–Crippen LogP) is 7.90. The highest BCUT2D eigenvalue weighted by Gasteiger charge is 2.48. The fourth-order valence-corrected chi connectivity index (χ4v) is 6.51. The molecule has 38 heavy (non-hydrogen) atoms. The molecule has 5 nitrogen and oxygen atoms in total.